The molecule has 0 saturated carbocycles. The minimum Gasteiger partial charge on any atom is -0.481 e. The highest BCUT2D eigenvalue weighted by Gasteiger charge is 2.44. The van der Waals surface area contributed by atoms with Crippen molar-refractivity contribution in [3.63, 3.8) is 0 Å². The largest absolute Gasteiger partial charge is 0.481 e. The molecule has 0 radical (unpaired) electrons. The van der Waals surface area contributed by atoms with Crippen LogP contribution >= 0.6 is 0 Å². The monoisotopic (exact) mass is 1840 g/mol. The molecular formula is C91H146N18O22. The Balaban J connectivity index is 1.77. The highest BCUT2D eigenvalue weighted by molar-refractivity contribution is 6.02. The second-order valence-corrected chi connectivity index (χ2v) is 37.3. The van der Waals surface area contributed by atoms with Crippen molar-refractivity contribution in [3.05, 3.63) is 71.8 Å². The number of carboxylic acids is 2. The first-order valence-electron chi connectivity index (χ1n) is 45.2. The van der Waals surface area contributed by atoms with Crippen LogP contribution in [0.5, 0.6) is 0 Å². The molecule has 1 saturated heterocycles. The standard InChI is InChI=1S/C91H146N18O22/c1-45(2)35-60(92)79(118)95-54(18)75(114)98-61(36-46(3)4)81(120)96-55(19)76(115)99-67(43-71(112)113)80(119)93-44-70(111)94-53(17)78(117)106-73(52(15)16)89(128)104-64(39-49(9)10)84(123)100-62(37-47(5)6)82(121)101-65(40-50(11)12)85(124)108-74(57(21)110)90(129)109-34-28-33-69(109)87(126)103-63(38-48(7)8)83(122)102-66(41-58-29-24-22-25-30-58)86(125)107-72(51(13)14)88(127)97-56(20)77(116)105-68(91(130)131)42-59-31-26-23-27-32-59/h22-27,29-32,45-57,60-69,72-74,110H,28,33-44,92H2,1-21H3,(H,93,119)(H,94,111)(H,95,118)(H,96,120)(H,97,127)(H,98,114)(H,99,115)(H,100,123)(H,101,121)(H,102,122)(H,103,126)(H,104,128)(H,105,116)(H,106,117)(H,107,125)(H,108,124)(H,112,113)(H,130,131)/t53-,54-,55-,56-,57+,60-,61-,62-,63-,64-,65-,66-,67-,68-,69-,72-,73-,74-/m0/s1. The van der Waals surface area contributed by atoms with Crippen molar-refractivity contribution in [2.24, 2.45) is 53.1 Å². The van der Waals surface area contributed by atoms with Gasteiger partial charge >= 0.3 is 11.9 Å². The summed E-state index contributed by atoms with van der Waals surface area (Å²) in [5.41, 5.74) is 7.22. The predicted octanol–water partition coefficient (Wildman–Crippen LogP) is -0.213. The van der Waals surface area contributed by atoms with Crippen LogP contribution in [-0.4, -0.2) is 254 Å². The highest BCUT2D eigenvalue weighted by Crippen LogP contribution is 2.23. The lowest BCUT2D eigenvalue weighted by Gasteiger charge is -2.32. The third kappa shape index (κ3) is 40.3. The maximum atomic E-state index is 14.8. The number of benzene rings is 2. The van der Waals surface area contributed by atoms with E-state index in [9.17, 15) is 106 Å². The molecule has 3 rings (SSSR count). The van der Waals surface area contributed by atoms with E-state index in [4.69, 9.17) is 5.73 Å². The number of rotatable bonds is 55. The van der Waals surface area contributed by atoms with Crippen molar-refractivity contribution in [1.29, 1.82) is 0 Å². The summed E-state index contributed by atoms with van der Waals surface area (Å²) >= 11 is 0. The topological polar surface area (TPSA) is 607 Å². The molecule has 40 nitrogen and oxygen atoms in total. The van der Waals surface area contributed by atoms with Gasteiger partial charge in [-0.2, -0.15) is 0 Å². The number of hydrogen-bond donors (Lipinski definition) is 20. The Morgan fingerprint density at radius 2 is 0.656 bits per heavy atom. The number of aliphatic carboxylic acids is 2. The molecule has 1 heterocycles. The second-order valence-electron chi connectivity index (χ2n) is 37.3. The molecule has 131 heavy (non-hydrogen) atoms. The normalized spacial score (nSPS) is 16.5. The van der Waals surface area contributed by atoms with Crippen molar-refractivity contribution in [2.75, 3.05) is 13.1 Å². The van der Waals surface area contributed by atoms with E-state index < -0.39 is 246 Å². The van der Waals surface area contributed by atoms with E-state index in [1.54, 1.807) is 158 Å². The molecule has 732 valence electrons. The second kappa shape index (κ2) is 55.5. The summed E-state index contributed by atoms with van der Waals surface area (Å²) in [6.45, 7) is 33.5. The quantitative estimate of drug-likeness (QED) is 0.0407. The highest BCUT2D eigenvalue weighted by atomic mass is 16.4. The third-order valence-electron chi connectivity index (χ3n) is 21.4. The Kier molecular flexibility index (Phi) is 48.0. The molecule has 1 aliphatic rings. The van der Waals surface area contributed by atoms with Crippen molar-refractivity contribution in [1.82, 2.24) is 90.0 Å². The lowest BCUT2D eigenvalue weighted by molar-refractivity contribution is -0.145. The van der Waals surface area contributed by atoms with Gasteiger partial charge in [-0.05, 0) is 144 Å². The number of amides is 17. The molecule has 1 aliphatic heterocycles. The van der Waals surface area contributed by atoms with Gasteiger partial charge in [-0.25, -0.2) is 4.79 Å². The van der Waals surface area contributed by atoms with E-state index in [1.807, 2.05) is 13.8 Å². The Labute approximate surface area is 768 Å². The molecule has 2 aromatic rings. The molecule has 0 aromatic heterocycles. The number of aliphatic hydroxyl groups excluding tert-OH is 1. The molecule has 18 atom stereocenters. The number of nitrogens with two attached hydrogens (primary N) is 1. The number of carbonyl (C=O) groups is 19. The first-order chi connectivity index (χ1) is 61.1. The minimum absolute atomic E-state index is 0.000323. The van der Waals surface area contributed by atoms with Gasteiger partial charge in [0, 0.05) is 19.4 Å². The zero-order chi connectivity index (χ0) is 99.3. The predicted molar refractivity (Wildman–Crippen MR) is 486 cm³/mol. The lowest BCUT2D eigenvalue weighted by atomic mass is 9.97. The zero-order valence-electron chi connectivity index (χ0n) is 79.6. The Hall–Kier alpha value is -11.7. The maximum Gasteiger partial charge on any atom is 0.326 e. The van der Waals surface area contributed by atoms with Crippen LogP contribution in [0.4, 0.5) is 0 Å². The van der Waals surface area contributed by atoms with Gasteiger partial charge in [-0.15, -0.1) is 0 Å². The van der Waals surface area contributed by atoms with E-state index in [-0.39, 0.29) is 99.8 Å². The van der Waals surface area contributed by atoms with Crippen LogP contribution in [0.15, 0.2) is 60.7 Å². The summed E-state index contributed by atoms with van der Waals surface area (Å²) in [6.07, 6.45) is -1.95. The first-order valence-corrected chi connectivity index (χ1v) is 45.2. The van der Waals surface area contributed by atoms with E-state index in [0.29, 0.717) is 17.5 Å². The maximum absolute atomic E-state index is 14.8. The summed E-state index contributed by atoms with van der Waals surface area (Å²) in [5, 5.41) is 71.9. The Bertz CT molecular complexity index is 4200. The Morgan fingerprint density at radius 3 is 1.06 bits per heavy atom. The number of nitrogens with zero attached hydrogens (tertiary/aromatic N) is 1. The number of aliphatic hydroxyl groups is 1. The van der Waals surface area contributed by atoms with Crippen LogP contribution in [0.2, 0.25) is 0 Å². The molecule has 1 fully saturated rings. The molecule has 0 spiro atoms. The summed E-state index contributed by atoms with van der Waals surface area (Å²) in [5.74, 6) is -19.7. The molecule has 2 aromatic carbocycles. The van der Waals surface area contributed by atoms with Crippen molar-refractivity contribution >= 4 is 112 Å². The van der Waals surface area contributed by atoms with Crippen LogP contribution in [-0.2, 0) is 104 Å². The smallest absolute Gasteiger partial charge is 0.326 e. The molecule has 21 N–H and O–H groups in total. The van der Waals surface area contributed by atoms with Gasteiger partial charge in [0.05, 0.1) is 25.1 Å². The molecular weight excluding hydrogens is 1700 g/mol. The fourth-order valence-electron chi connectivity index (χ4n) is 14.4. The van der Waals surface area contributed by atoms with Crippen molar-refractivity contribution in [2.45, 2.75) is 325 Å². The molecule has 0 unspecified atom stereocenters. The minimum atomic E-state index is -1.81. The van der Waals surface area contributed by atoms with E-state index in [2.05, 4.69) is 85.1 Å². The van der Waals surface area contributed by atoms with E-state index in [1.165, 1.54) is 39.5 Å². The third-order valence-corrected chi connectivity index (χ3v) is 21.4. The molecule has 17 amide bonds. The van der Waals surface area contributed by atoms with E-state index in [0.717, 1.165) is 0 Å². The van der Waals surface area contributed by atoms with Gasteiger partial charge in [0.15, 0.2) is 0 Å². The fourth-order valence-corrected chi connectivity index (χ4v) is 14.4. The number of carbonyl (C=O) groups excluding carboxylic acids is 17. The van der Waals surface area contributed by atoms with Crippen LogP contribution in [0.1, 0.15) is 214 Å². The Morgan fingerprint density at radius 1 is 0.344 bits per heavy atom. The van der Waals surface area contributed by atoms with Gasteiger partial charge in [-0.1, -0.05) is 171 Å². The number of likely N-dealkylation sites (tertiary alicyclic amines) is 1. The number of carboxylic acid groups (broad SMARTS) is 2. The van der Waals surface area contributed by atoms with Crippen LogP contribution < -0.4 is 90.8 Å². The molecule has 40 heteroatoms. The first kappa shape index (κ1) is 113. The SMILES string of the molecule is CC(C)C[C@H](NC(=O)[C@H](C)NC(=O)[C@@H](N)CC(C)C)C(=O)N[C@@H](C)C(=O)N[C@@H](CC(=O)O)C(=O)NCC(=O)N[C@@H](C)C(=O)N[C@H](C(=O)N[C@@H](CC(C)C)C(=O)N[C@@H](CC(C)C)C(=O)N[C@@H](CC(C)C)C(=O)N[C@H](C(=O)N1CCC[C@H]1C(=O)N[C@@H](CC(C)C)C(=O)N[C@@H](Cc1ccccc1)C(=O)N[C@H](C(=O)N[C@@H](C)C(=O)N[C@@H](Cc1ccccc1)C(=O)O)C(C)C)[C@@H](C)O)C(C)C. The average molecular weight is 1840 g/mol. The van der Waals surface area contributed by atoms with Crippen LogP contribution in [0, 0.1) is 47.3 Å². The van der Waals surface area contributed by atoms with Gasteiger partial charge in [0.2, 0.25) is 100 Å². The lowest BCUT2D eigenvalue weighted by Crippen LogP contribution is -2.62. The van der Waals surface area contributed by atoms with Crippen molar-refractivity contribution in [3.8, 4) is 0 Å². The summed E-state index contributed by atoms with van der Waals surface area (Å²) in [7, 11) is 0. The molecule has 0 aliphatic carbocycles. The van der Waals surface area contributed by atoms with E-state index >= 15 is 0 Å². The number of hydrogen-bond acceptors (Lipinski definition) is 21. The van der Waals surface area contributed by atoms with Gasteiger partial charge < -0.3 is 111 Å². The average Bonchev–Trinajstić information content (AvgIpc) is 1.71. The van der Waals surface area contributed by atoms with Crippen molar-refractivity contribution < 1.29 is 106 Å². The van der Waals surface area contributed by atoms with Crippen LogP contribution in [0.25, 0.3) is 0 Å². The van der Waals surface area contributed by atoms with Gasteiger partial charge in [-0.3, -0.25) is 86.3 Å². The van der Waals surface area contributed by atoms with Gasteiger partial charge in [0.1, 0.15) is 96.7 Å². The summed E-state index contributed by atoms with van der Waals surface area (Å²) in [4.78, 5) is 263. The molecule has 0 bridgehead atoms. The van der Waals surface area contributed by atoms with Crippen LogP contribution in [0.3, 0.4) is 0 Å². The fraction of sp³-hybridized carbons (Fsp3) is 0.659. The number of nitrogens with one attached hydrogen (secondary N) is 16. The summed E-state index contributed by atoms with van der Waals surface area (Å²) < 4.78 is 0. The van der Waals surface area contributed by atoms with Gasteiger partial charge in [0.25, 0.3) is 0 Å². The zero-order valence-corrected chi connectivity index (χ0v) is 79.6. The summed E-state index contributed by atoms with van der Waals surface area (Å²) in [6, 6.07) is -5.64.